The zero-order chi connectivity index (χ0) is 9.14. The summed E-state index contributed by atoms with van der Waals surface area (Å²) in [5.74, 6) is -0.792. The molecule has 1 aliphatic carbocycles. The minimum absolute atomic E-state index is 0.0376. The maximum absolute atomic E-state index is 10.4. The molecule has 0 bridgehead atoms. The van der Waals surface area contributed by atoms with Crippen LogP contribution in [0.5, 0.6) is 0 Å². The second-order valence-corrected chi connectivity index (χ2v) is 3.56. The molecule has 1 rings (SSSR count). The number of aliphatic carboxylic acids is 1. The zero-order valence-corrected chi connectivity index (χ0v) is 7.64. The van der Waals surface area contributed by atoms with Crippen molar-refractivity contribution in [1.82, 2.24) is 0 Å². The van der Waals surface area contributed by atoms with Gasteiger partial charge in [-0.15, -0.1) is 11.6 Å². The second kappa shape index (κ2) is 3.76. The molecular formula is C9H11ClO2. The Morgan fingerprint density at radius 1 is 1.83 bits per heavy atom. The molecule has 2 nitrogen and oxygen atoms in total. The maximum atomic E-state index is 10.4. The van der Waals surface area contributed by atoms with Gasteiger partial charge in [0.05, 0.1) is 11.8 Å². The molecule has 0 heterocycles. The Bertz CT molecular complexity index is 253. The third kappa shape index (κ3) is 2.70. The summed E-state index contributed by atoms with van der Waals surface area (Å²) in [5, 5.41) is 8.50. The number of carboxylic acid groups (broad SMARTS) is 1. The van der Waals surface area contributed by atoms with Crippen LogP contribution in [0, 0.1) is 0 Å². The van der Waals surface area contributed by atoms with Gasteiger partial charge in [0.25, 0.3) is 0 Å². The molecule has 1 atom stereocenters. The van der Waals surface area contributed by atoms with Crippen LogP contribution in [-0.4, -0.2) is 16.5 Å². The van der Waals surface area contributed by atoms with Crippen LogP contribution in [0.1, 0.15) is 19.8 Å². The predicted octanol–water partition coefficient (Wildman–Crippen LogP) is 2.34. The van der Waals surface area contributed by atoms with Crippen LogP contribution in [0.2, 0.25) is 0 Å². The van der Waals surface area contributed by atoms with Gasteiger partial charge in [-0.05, 0) is 13.3 Å². The highest BCUT2D eigenvalue weighted by Crippen LogP contribution is 2.23. The molecule has 0 aromatic heterocycles. The molecule has 0 aromatic rings. The van der Waals surface area contributed by atoms with Gasteiger partial charge in [0.15, 0.2) is 0 Å². The van der Waals surface area contributed by atoms with Crippen molar-refractivity contribution in [3.8, 4) is 0 Å². The lowest BCUT2D eigenvalue weighted by Crippen LogP contribution is -2.06. The number of alkyl halides is 1. The number of carboxylic acids is 1. The first-order valence-electron chi connectivity index (χ1n) is 3.81. The van der Waals surface area contributed by atoms with Gasteiger partial charge in [-0.2, -0.15) is 0 Å². The van der Waals surface area contributed by atoms with Gasteiger partial charge in [0.2, 0.25) is 0 Å². The number of hydrogen-bond acceptors (Lipinski definition) is 1. The van der Waals surface area contributed by atoms with E-state index in [0.29, 0.717) is 6.42 Å². The summed E-state index contributed by atoms with van der Waals surface area (Å²) in [5.41, 5.74) is 1.96. The Hall–Kier alpha value is -0.760. The molecule has 1 unspecified atom stereocenters. The van der Waals surface area contributed by atoms with Gasteiger partial charge in [0.1, 0.15) is 0 Å². The van der Waals surface area contributed by atoms with E-state index in [1.165, 1.54) is 0 Å². The molecule has 1 N–H and O–H groups in total. The van der Waals surface area contributed by atoms with Crippen LogP contribution < -0.4 is 0 Å². The highest BCUT2D eigenvalue weighted by atomic mass is 35.5. The average molecular weight is 187 g/mol. The molecule has 12 heavy (non-hydrogen) atoms. The molecule has 3 heteroatoms. The Morgan fingerprint density at radius 3 is 3.00 bits per heavy atom. The van der Waals surface area contributed by atoms with E-state index in [4.69, 9.17) is 16.7 Å². The van der Waals surface area contributed by atoms with Crippen LogP contribution >= 0.6 is 11.6 Å². The zero-order valence-electron chi connectivity index (χ0n) is 6.88. The van der Waals surface area contributed by atoms with Crippen LogP contribution in [0.3, 0.4) is 0 Å². The van der Waals surface area contributed by atoms with Crippen molar-refractivity contribution in [2.45, 2.75) is 25.1 Å². The van der Waals surface area contributed by atoms with Gasteiger partial charge in [-0.3, -0.25) is 4.79 Å². The Labute approximate surface area is 76.5 Å². The molecule has 66 valence electrons. The minimum Gasteiger partial charge on any atom is -0.481 e. The highest BCUT2D eigenvalue weighted by molar-refractivity contribution is 6.22. The maximum Gasteiger partial charge on any atom is 0.307 e. The van der Waals surface area contributed by atoms with E-state index in [0.717, 1.165) is 11.1 Å². The van der Waals surface area contributed by atoms with E-state index in [-0.39, 0.29) is 11.8 Å². The summed E-state index contributed by atoms with van der Waals surface area (Å²) in [6, 6.07) is 0. The summed E-state index contributed by atoms with van der Waals surface area (Å²) in [7, 11) is 0. The smallest absolute Gasteiger partial charge is 0.307 e. The van der Waals surface area contributed by atoms with Crippen LogP contribution in [0.25, 0.3) is 0 Å². The lowest BCUT2D eigenvalue weighted by Gasteiger charge is -2.13. The normalized spacial score (nSPS) is 23.0. The number of rotatable bonds is 2. The van der Waals surface area contributed by atoms with Crippen molar-refractivity contribution >= 4 is 17.6 Å². The summed E-state index contributed by atoms with van der Waals surface area (Å²) >= 11 is 5.88. The van der Waals surface area contributed by atoms with E-state index < -0.39 is 5.97 Å². The van der Waals surface area contributed by atoms with Gasteiger partial charge in [-0.25, -0.2) is 0 Å². The Balaban J connectivity index is 2.66. The van der Waals surface area contributed by atoms with Crippen molar-refractivity contribution in [3.63, 3.8) is 0 Å². The third-order valence-electron chi connectivity index (χ3n) is 1.71. The van der Waals surface area contributed by atoms with E-state index in [9.17, 15) is 4.79 Å². The lowest BCUT2D eigenvalue weighted by atomic mass is 9.98. The Morgan fingerprint density at radius 2 is 2.50 bits per heavy atom. The van der Waals surface area contributed by atoms with Gasteiger partial charge in [0, 0.05) is 0 Å². The Kier molecular flexibility index (Phi) is 2.93. The van der Waals surface area contributed by atoms with E-state index in [1.54, 1.807) is 0 Å². The largest absolute Gasteiger partial charge is 0.481 e. The summed E-state index contributed by atoms with van der Waals surface area (Å²) in [4.78, 5) is 10.4. The topological polar surface area (TPSA) is 37.3 Å². The molecule has 0 aliphatic heterocycles. The predicted molar refractivity (Wildman–Crippen MR) is 48.4 cm³/mol. The number of carbonyl (C=O) groups is 1. The van der Waals surface area contributed by atoms with Crippen molar-refractivity contribution < 1.29 is 9.90 Å². The van der Waals surface area contributed by atoms with Crippen molar-refractivity contribution in [2.75, 3.05) is 0 Å². The average Bonchev–Trinajstić information content (AvgIpc) is 1.81. The van der Waals surface area contributed by atoms with Gasteiger partial charge >= 0.3 is 5.97 Å². The monoisotopic (exact) mass is 186 g/mol. The van der Waals surface area contributed by atoms with Crippen LogP contribution in [0.15, 0.2) is 23.3 Å². The third-order valence-corrected chi connectivity index (χ3v) is 1.99. The van der Waals surface area contributed by atoms with Crippen molar-refractivity contribution in [1.29, 1.82) is 0 Å². The molecule has 1 aliphatic rings. The molecule has 0 amide bonds. The fraction of sp³-hybridized carbons (Fsp3) is 0.444. The standard InChI is InChI=1S/C9H11ClO2/c1-6-2-7(5-9(11)12)4-8(10)3-6/h2-3,8H,4-5H2,1H3,(H,11,12). The minimum atomic E-state index is -0.792. The number of halogens is 1. The first-order valence-corrected chi connectivity index (χ1v) is 4.25. The molecule has 0 saturated carbocycles. The molecule has 0 spiro atoms. The SMILES string of the molecule is CC1=CC(Cl)CC(CC(=O)O)=C1. The fourth-order valence-electron chi connectivity index (χ4n) is 1.34. The summed E-state index contributed by atoms with van der Waals surface area (Å²) < 4.78 is 0. The first kappa shape index (κ1) is 9.33. The highest BCUT2D eigenvalue weighted by Gasteiger charge is 2.13. The molecule has 0 aromatic carbocycles. The summed E-state index contributed by atoms with van der Waals surface area (Å²) in [6.07, 6.45) is 4.60. The lowest BCUT2D eigenvalue weighted by molar-refractivity contribution is -0.136. The molecular weight excluding hydrogens is 176 g/mol. The van der Waals surface area contributed by atoms with Crippen molar-refractivity contribution in [3.05, 3.63) is 23.3 Å². The number of hydrogen-bond donors (Lipinski definition) is 1. The molecule has 0 fully saturated rings. The van der Waals surface area contributed by atoms with Crippen molar-refractivity contribution in [2.24, 2.45) is 0 Å². The fourth-order valence-corrected chi connectivity index (χ4v) is 1.74. The van der Waals surface area contributed by atoms with E-state index >= 15 is 0 Å². The second-order valence-electron chi connectivity index (χ2n) is 3.00. The van der Waals surface area contributed by atoms with Crippen LogP contribution in [-0.2, 0) is 4.79 Å². The molecule has 0 saturated heterocycles. The van der Waals surface area contributed by atoms with Gasteiger partial charge < -0.3 is 5.11 Å². The van der Waals surface area contributed by atoms with E-state index in [2.05, 4.69) is 0 Å². The van der Waals surface area contributed by atoms with E-state index in [1.807, 2.05) is 19.1 Å². The van der Waals surface area contributed by atoms with Crippen LogP contribution in [0.4, 0.5) is 0 Å². The first-order chi connectivity index (χ1) is 5.58. The summed E-state index contributed by atoms with van der Waals surface area (Å²) in [6.45, 7) is 1.93. The molecule has 0 radical (unpaired) electrons. The van der Waals surface area contributed by atoms with Gasteiger partial charge in [-0.1, -0.05) is 23.3 Å². The quantitative estimate of drug-likeness (QED) is 0.673. The number of allylic oxidation sites excluding steroid dienone is 3.